The highest BCUT2D eigenvalue weighted by molar-refractivity contribution is 5.92. The standard InChI is InChI=1S/C17H27N3O2/c1-4-5-6-7-9-13(2)18-17(22)20-16-11-8-10-15(12-16)19-14(3)21/h8,10-13H,4-7,9H2,1-3H3,(H,19,21)(H2,18,20,22). The molecule has 0 aliphatic carbocycles. The van der Waals surface area contributed by atoms with E-state index in [9.17, 15) is 9.59 Å². The van der Waals surface area contributed by atoms with Crippen LogP contribution in [0.4, 0.5) is 16.2 Å². The minimum atomic E-state index is -0.219. The molecule has 122 valence electrons. The molecule has 1 aromatic carbocycles. The Kier molecular flexibility index (Phi) is 8.04. The van der Waals surface area contributed by atoms with Gasteiger partial charge < -0.3 is 16.0 Å². The number of hydrogen-bond donors (Lipinski definition) is 3. The lowest BCUT2D eigenvalue weighted by molar-refractivity contribution is -0.114. The van der Waals surface area contributed by atoms with Crippen LogP contribution in [-0.4, -0.2) is 18.0 Å². The molecule has 5 heteroatoms. The molecule has 0 aliphatic heterocycles. The second kappa shape index (κ2) is 9.82. The summed E-state index contributed by atoms with van der Waals surface area (Å²) in [6.45, 7) is 5.65. The molecule has 0 saturated carbocycles. The Hall–Kier alpha value is -2.04. The fourth-order valence-corrected chi connectivity index (χ4v) is 2.22. The molecule has 0 aliphatic rings. The summed E-state index contributed by atoms with van der Waals surface area (Å²) >= 11 is 0. The topological polar surface area (TPSA) is 70.2 Å². The van der Waals surface area contributed by atoms with Gasteiger partial charge in [0.2, 0.25) is 5.91 Å². The van der Waals surface area contributed by atoms with Crippen molar-refractivity contribution in [2.45, 2.75) is 58.9 Å². The molecule has 1 unspecified atom stereocenters. The first-order valence-corrected chi connectivity index (χ1v) is 7.96. The fraction of sp³-hybridized carbons (Fsp3) is 0.529. The lowest BCUT2D eigenvalue weighted by atomic mass is 10.1. The Morgan fingerprint density at radius 3 is 2.41 bits per heavy atom. The molecule has 3 N–H and O–H groups in total. The first kappa shape index (κ1) is 18.0. The van der Waals surface area contributed by atoms with E-state index < -0.39 is 0 Å². The van der Waals surface area contributed by atoms with Crippen LogP contribution < -0.4 is 16.0 Å². The van der Waals surface area contributed by atoms with Gasteiger partial charge in [0.05, 0.1) is 0 Å². The molecule has 5 nitrogen and oxygen atoms in total. The first-order valence-electron chi connectivity index (χ1n) is 7.96. The first-order chi connectivity index (χ1) is 10.5. The van der Waals surface area contributed by atoms with Crippen molar-refractivity contribution >= 4 is 23.3 Å². The highest BCUT2D eigenvalue weighted by atomic mass is 16.2. The van der Waals surface area contributed by atoms with Crippen molar-refractivity contribution in [1.29, 1.82) is 0 Å². The molecule has 0 bridgehead atoms. The summed E-state index contributed by atoms with van der Waals surface area (Å²) < 4.78 is 0. The van der Waals surface area contributed by atoms with Gasteiger partial charge in [0, 0.05) is 24.3 Å². The minimum Gasteiger partial charge on any atom is -0.335 e. The van der Waals surface area contributed by atoms with Crippen molar-refractivity contribution in [2.75, 3.05) is 10.6 Å². The van der Waals surface area contributed by atoms with Gasteiger partial charge >= 0.3 is 6.03 Å². The average molecular weight is 305 g/mol. The minimum absolute atomic E-state index is 0.137. The molecule has 1 atom stereocenters. The van der Waals surface area contributed by atoms with E-state index in [2.05, 4.69) is 22.9 Å². The van der Waals surface area contributed by atoms with Gasteiger partial charge in [-0.1, -0.05) is 38.7 Å². The lowest BCUT2D eigenvalue weighted by Crippen LogP contribution is -2.36. The number of carbonyl (C=O) groups excluding carboxylic acids is 2. The van der Waals surface area contributed by atoms with E-state index in [0.29, 0.717) is 11.4 Å². The summed E-state index contributed by atoms with van der Waals surface area (Å²) in [6.07, 6.45) is 5.79. The van der Waals surface area contributed by atoms with E-state index in [-0.39, 0.29) is 18.0 Å². The van der Waals surface area contributed by atoms with Crippen molar-refractivity contribution in [3.8, 4) is 0 Å². The molecule has 0 spiro atoms. The van der Waals surface area contributed by atoms with Crippen LogP contribution in [0.1, 0.15) is 52.9 Å². The predicted octanol–water partition coefficient (Wildman–Crippen LogP) is 4.13. The van der Waals surface area contributed by atoms with Gasteiger partial charge in [-0.2, -0.15) is 0 Å². The van der Waals surface area contributed by atoms with E-state index in [1.807, 2.05) is 6.92 Å². The molecule has 0 heterocycles. The third-order valence-corrected chi connectivity index (χ3v) is 3.31. The summed E-state index contributed by atoms with van der Waals surface area (Å²) in [6, 6.07) is 7.01. The maximum atomic E-state index is 11.9. The number of anilines is 2. The Balaban J connectivity index is 2.39. The highest BCUT2D eigenvalue weighted by Gasteiger charge is 2.07. The van der Waals surface area contributed by atoms with Gasteiger partial charge in [0.15, 0.2) is 0 Å². The number of nitrogens with one attached hydrogen (secondary N) is 3. The fourth-order valence-electron chi connectivity index (χ4n) is 2.22. The smallest absolute Gasteiger partial charge is 0.319 e. The molecular weight excluding hydrogens is 278 g/mol. The number of urea groups is 1. The summed E-state index contributed by atoms with van der Waals surface area (Å²) in [5.74, 6) is -0.137. The largest absolute Gasteiger partial charge is 0.335 e. The van der Waals surface area contributed by atoms with Crippen molar-refractivity contribution in [2.24, 2.45) is 0 Å². The Morgan fingerprint density at radius 2 is 1.77 bits per heavy atom. The highest BCUT2D eigenvalue weighted by Crippen LogP contribution is 2.15. The molecule has 3 amide bonds. The molecule has 1 aromatic rings. The molecule has 22 heavy (non-hydrogen) atoms. The van der Waals surface area contributed by atoms with Gasteiger partial charge in [-0.15, -0.1) is 0 Å². The SMILES string of the molecule is CCCCCCC(C)NC(=O)Nc1cccc(NC(C)=O)c1. The van der Waals surface area contributed by atoms with Crippen LogP contribution in [0, 0.1) is 0 Å². The Labute approximate surface area is 132 Å². The summed E-state index contributed by atoms with van der Waals surface area (Å²) in [7, 11) is 0. The van der Waals surface area contributed by atoms with E-state index in [4.69, 9.17) is 0 Å². The van der Waals surface area contributed by atoms with Crippen LogP contribution in [0.2, 0.25) is 0 Å². The van der Waals surface area contributed by atoms with Crippen LogP contribution in [0.15, 0.2) is 24.3 Å². The molecule has 0 aromatic heterocycles. The molecule has 0 fully saturated rings. The number of benzene rings is 1. The quantitative estimate of drug-likeness (QED) is 0.632. The predicted molar refractivity (Wildman–Crippen MR) is 91.1 cm³/mol. The molecule has 0 saturated heterocycles. The zero-order valence-electron chi connectivity index (χ0n) is 13.7. The maximum absolute atomic E-state index is 11.9. The van der Waals surface area contributed by atoms with Gasteiger partial charge in [0.1, 0.15) is 0 Å². The van der Waals surface area contributed by atoms with Crippen LogP contribution in [0.3, 0.4) is 0 Å². The van der Waals surface area contributed by atoms with Crippen LogP contribution in [-0.2, 0) is 4.79 Å². The molecule has 1 rings (SSSR count). The second-order valence-electron chi connectivity index (χ2n) is 5.61. The molecule has 0 radical (unpaired) electrons. The normalized spacial score (nSPS) is 11.6. The van der Waals surface area contributed by atoms with Gasteiger partial charge in [-0.25, -0.2) is 4.79 Å². The van der Waals surface area contributed by atoms with Crippen LogP contribution >= 0.6 is 0 Å². The summed E-state index contributed by atoms with van der Waals surface area (Å²) in [5.41, 5.74) is 1.32. The third kappa shape index (κ3) is 7.67. The number of rotatable bonds is 8. The van der Waals surface area contributed by atoms with Crippen molar-refractivity contribution in [3.63, 3.8) is 0 Å². The zero-order valence-corrected chi connectivity index (χ0v) is 13.7. The monoisotopic (exact) mass is 305 g/mol. The van der Waals surface area contributed by atoms with Crippen LogP contribution in [0.25, 0.3) is 0 Å². The van der Waals surface area contributed by atoms with Crippen LogP contribution in [0.5, 0.6) is 0 Å². The van der Waals surface area contributed by atoms with Gasteiger partial charge in [-0.05, 0) is 31.5 Å². The lowest BCUT2D eigenvalue weighted by Gasteiger charge is -2.15. The number of amides is 3. The second-order valence-corrected chi connectivity index (χ2v) is 5.61. The number of hydrogen-bond acceptors (Lipinski definition) is 2. The van der Waals surface area contributed by atoms with Gasteiger partial charge in [0.25, 0.3) is 0 Å². The van der Waals surface area contributed by atoms with E-state index in [1.165, 1.54) is 26.2 Å². The summed E-state index contributed by atoms with van der Waals surface area (Å²) in [5, 5.41) is 8.40. The Bertz CT molecular complexity index is 489. The van der Waals surface area contributed by atoms with Crippen molar-refractivity contribution in [3.05, 3.63) is 24.3 Å². The molecular formula is C17H27N3O2. The number of unbranched alkanes of at least 4 members (excludes halogenated alkanes) is 3. The maximum Gasteiger partial charge on any atom is 0.319 e. The number of carbonyl (C=O) groups is 2. The van der Waals surface area contributed by atoms with Gasteiger partial charge in [-0.3, -0.25) is 4.79 Å². The van der Waals surface area contributed by atoms with E-state index in [0.717, 1.165) is 12.8 Å². The van der Waals surface area contributed by atoms with E-state index >= 15 is 0 Å². The summed E-state index contributed by atoms with van der Waals surface area (Å²) in [4.78, 5) is 23.0. The zero-order chi connectivity index (χ0) is 16.4. The van der Waals surface area contributed by atoms with Crippen molar-refractivity contribution < 1.29 is 9.59 Å². The average Bonchev–Trinajstić information content (AvgIpc) is 2.43. The van der Waals surface area contributed by atoms with Crippen molar-refractivity contribution in [1.82, 2.24) is 5.32 Å². The van der Waals surface area contributed by atoms with E-state index in [1.54, 1.807) is 24.3 Å². The Morgan fingerprint density at radius 1 is 1.09 bits per heavy atom. The third-order valence-electron chi connectivity index (χ3n) is 3.31.